The third-order valence-electron chi connectivity index (χ3n) is 6.01. The lowest BCUT2D eigenvalue weighted by atomic mass is 9.96. The van der Waals surface area contributed by atoms with E-state index in [-0.39, 0.29) is 7.33 Å². The van der Waals surface area contributed by atoms with Crippen molar-refractivity contribution >= 4 is 5.91 Å². The van der Waals surface area contributed by atoms with Crippen molar-refractivity contribution in [1.82, 2.24) is 20.0 Å². The first kappa shape index (κ1) is 20.7. The predicted octanol–water partition coefficient (Wildman–Crippen LogP) is 2.28. The van der Waals surface area contributed by atoms with Gasteiger partial charge in [-0.3, -0.25) is 4.79 Å². The van der Waals surface area contributed by atoms with Gasteiger partial charge in [-0.15, -0.1) is 0 Å². The average Bonchev–Trinajstić information content (AvgIpc) is 2.63. The first-order chi connectivity index (χ1) is 12.1. The molecule has 25 heavy (non-hydrogen) atoms. The molecule has 0 atom stereocenters. The van der Waals surface area contributed by atoms with E-state index >= 15 is 0 Å². The van der Waals surface area contributed by atoms with Crippen LogP contribution < -0.4 is 5.32 Å². The van der Waals surface area contributed by atoms with Crippen molar-refractivity contribution < 1.29 is 6.22 Å². The SMILES string of the molecule is CCC(=O)NC1CCN(CCCN(C)CC2CCN(CC)CC2)CC1.[HH]. The highest BCUT2D eigenvalue weighted by atomic mass is 16.1. The molecule has 2 saturated heterocycles. The van der Waals surface area contributed by atoms with E-state index < -0.39 is 0 Å². The van der Waals surface area contributed by atoms with Crippen LogP contribution >= 0.6 is 0 Å². The first-order valence-electron chi connectivity index (χ1n) is 10.5. The quantitative estimate of drug-likeness (QED) is 0.689. The number of carbonyl (C=O) groups excluding carboxylic acids is 1. The number of likely N-dealkylation sites (tertiary alicyclic amines) is 2. The Morgan fingerprint density at radius 1 is 1.08 bits per heavy atom. The standard InChI is InChI=1S/C20H40N4O.H2/c1-4-20(25)21-19-9-15-24(16-10-19)12-6-11-22(3)17-18-7-13-23(5-2)14-8-18;/h18-19H,4-17H2,1-3H3,(H,21,25);1H. The van der Waals surface area contributed by atoms with Crippen molar-refractivity contribution in [2.75, 3.05) is 59.4 Å². The Kier molecular flexibility index (Phi) is 9.21. The summed E-state index contributed by atoms with van der Waals surface area (Å²) >= 11 is 0. The second-order valence-corrected chi connectivity index (χ2v) is 8.03. The van der Waals surface area contributed by atoms with Gasteiger partial charge >= 0.3 is 0 Å². The van der Waals surface area contributed by atoms with Gasteiger partial charge in [0.1, 0.15) is 0 Å². The molecule has 0 saturated carbocycles. The third-order valence-corrected chi connectivity index (χ3v) is 6.01. The van der Waals surface area contributed by atoms with Crippen LogP contribution in [0.25, 0.3) is 0 Å². The second-order valence-electron chi connectivity index (χ2n) is 8.03. The summed E-state index contributed by atoms with van der Waals surface area (Å²) in [5, 5.41) is 3.14. The van der Waals surface area contributed by atoms with E-state index in [1.54, 1.807) is 0 Å². The van der Waals surface area contributed by atoms with Crippen LogP contribution in [0.15, 0.2) is 0 Å². The Morgan fingerprint density at radius 2 is 1.72 bits per heavy atom. The molecule has 2 fully saturated rings. The minimum absolute atomic E-state index is 0. The molecule has 2 heterocycles. The lowest BCUT2D eigenvalue weighted by Crippen LogP contribution is -2.45. The number of hydrogen-bond donors (Lipinski definition) is 1. The van der Waals surface area contributed by atoms with Crippen molar-refractivity contribution in [2.24, 2.45) is 5.92 Å². The Hall–Kier alpha value is -0.650. The van der Waals surface area contributed by atoms with Crippen molar-refractivity contribution in [3.05, 3.63) is 0 Å². The third kappa shape index (κ3) is 7.63. The van der Waals surface area contributed by atoms with E-state index in [0.717, 1.165) is 31.8 Å². The number of amides is 1. The van der Waals surface area contributed by atoms with Gasteiger partial charge in [0.2, 0.25) is 5.91 Å². The van der Waals surface area contributed by atoms with Gasteiger partial charge in [-0.2, -0.15) is 0 Å². The normalized spacial score (nSPS) is 21.8. The summed E-state index contributed by atoms with van der Waals surface area (Å²) in [6.07, 6.45) is 6.82. The monoisotopic (exact) mass is 354 g/mol. The zero-order valence-corrected chi connectivity index (χ0v) is 16.8. The van der Waals surface area contributed by atoms with Crippen LogP contribution in [0, 0.1) is 5.92 Å². The summed E-state index contributed by atoms with van der Waals surface area (Å²) in [5.74, 6) is 1.09. The van der Waals surface area contributed by atoms with Crippen molar-refractivity contribution in [2.45, 2.75) is 58.4 Å². The summed E-state index contributed by atoms with van der Waals surface area (Å²) in [5.41, 5.74) is 0. The minimum Gasteiger partial charge on any atom is -0.353 e. The van der Waals surface area contributed by atoms with E-state index in [1.807, 2.05) is 6.92 Å². The number of piperidine rings is 2. The van der Waals surface area contributed by atoms with Crippen LogP contribution in [0.2, 0.25) is 0 Å². The predicted molar refractivity (Wildman–Crippen MR) is 107 cm³/mol. The van der Waals surface area contributed by atoms with Crippen LogP contribution in [0.5, 0.6) is 0 Å². The molecule has 0 unspecified atom stereocenters. The van der Waals surface area contributed by atoms with Crippen LogP contribution in [-0.4, -0.2) is 86.1 Å². The Morgan fingerprint density at radius 3 is 2.32 bits per heavy atom. The fraction of sp³-hybridized carbons (Fsp3) is 0.950. The zero-order chi connectivity index (χ0) is 18.1. The molecule has 0 spiro atoms. The lowest BCUT2D eigenvalue weighted by molar-refractivity contribution is -0.121. The summed E-state index contributed by atoms with van der Waals surface area (Å²) < 4.78 is 0. The lowest BCUT2D eigenvalue weighted by Gasteiger charge is -2.34. The maximum atomic E-state index is 11.5. The molecule has 0 bridgehead atoms. The summed E-state index contributed by atoms with van der Waals surface area (Å²) in [6.45, 7) is 13.9. The number of rotatable bonds is 9. The Balaban J connectivity index is 0.00000338. The molecule has 0 radical (unpaired) electrons. The largest absolute Gasteiger partial charge is 0.353 e. The maximum absolute atomic E-state index is 11.5. The highest BCUT2D eigenvalue weighted by Crippen LogP contribution is 2.18. The fourth-order valence-electron chi connectivity index (χ4n) is 4.21. The van der Waals surface area contributed by atoms with Crippen LogP contribution in [0.3, 0.4) is 0 Å². The number of nitrogens with one attached hydrogen (secondary N) is 1. The van der Waals surface area contributed by atoms with Gasteiger partial charge in [-0.1, -0.05) is 13.8 Å². The van der Waals surface area contributed by atoms with E-state index in [2.05, 4.69) is 34.0 Å². The summed E-state index contributed by atoms with van der Waals surface area (Å²) in [7, 11) is 2.29. The van der Waals surface area contributed by atoms with E-state index in [1.165, 1.54) is 58.5 Å². The number of hydrogen-bond acceptors (Lipinski definition) is 4. The zero-order valence-electron chi connectivity index (χ0n) is 16.8. The molecule has 5 heteroatoms. The Bertz CT molecular complexity index is 380. The average molecular weight is 355 g/mol. The van der Waals surface area contributed by atoms with Gasteiger partial charge in [-0.05, 0) is 77.8 Å². The molecular formula is C20H42N4O. The van der Waals surface area contributed by atoms with Gasteiger partial charge in [0, 0.05) is 33.5 Å². The second kappa shape index (κ2) is 11.1. The molecule has 0 aromatic carbocycles. The van der Waals surface area contributed by atoms with Crippen LogP contribution in [0.1, 0.15) is 53.8 Å². The Labute approximate surface area is 156 Å². The van der Waals surface area contributed by atoms with Gasteiger partial charge in [0.25, 0.3) is 0 Å². The highest BCUT2D eigenvalue weighted by molar-refractivity contribution is 5.75. The number of carbonyl (C=O) groups is 1. The molecule has 1 N–H and O–H groups in total. The van der Waals surface area contributed by atoms with Crippen LogP contribution in [-0.2, 0) is 4.79 Å². The fourth-order valence-corrected chi connectivity index (χ4v) is 4.21. The highest BCUT2D eigenvalue weighted by Gasteiger charge is 2.21. The first-order valence-corrected chi connectivity index (χ1v) is 10.5. The molecule has 1 amide bonds. The van der Waals surface area contributed by atoms with Gasteiger partial charge < -0.3 is 20.0 Å². The molecule has 2 aliphatic rings. The van der Waals surface area contributed by atoms with Gasteiger partial charge in [-0.25, -0.2) is 0 Å². The van der Waals surface area contributed by atoms with Crippen molar-refractivity contribution in [1.29, 1.82) is 0 Å². The molecule has 0 aromatic rings. The molecular weight excluding hydrogens is 312 g/mol. The minimum atomic E-state index is 0. The summed E-state index contributed by atoms with van der Waals surface area (Å²) in [4.78, 5) is 19.2. The van der Waals surface area contributed by atoms with Gasteiger partial charge in [0.05, 0.1) is 0 Å². The number of nitrogens with zero attached hydrogens (tertiary/aromatic N) is 3. The molecule has 0 aliphatic carbocycles. The topological polar surface area (TPSA) is 38.8 Å². The van der Waals surface area contributed by atoms with E-state index in [4.69, 9.17) is 0 Å². The van der Waals surface area contributed by atoms with Crippen LogP contribution in [0.4, 0.5) is 0 Å². The van der Waals surface area contributed by atoms with E-state index in [0.29, 0.717) is 12.5 Å². The van der Waals surface area contributed by atoms with E-state index in [9.17, 15) is 4.79 Å². The molecule has 148 valence electrons. The van der Waals surface area contributed by atoms with Crippen molar-refractivity contribution in [3.8, 4) is 0 Å². The maximum Gasteiger partial charge on any atom is 0.219 e. The van der Waals surface area contributed by atoms with Crippen molar-refractivity contribution in [3.63, 3.8) is 0 Å². The molecule has 2 aliphatic heterocycles. The molecule has 5 nitrogen and oxygen atoms in total. The smallest absolute Gasteiger partial charge is 0.219 e. The van der Waals surface area contributed by atoms with Gasteiger partial charge in [0.15, 0.2) is 0 Å². The molecule has 0 aromatic heterocycles. The summed E-state index contributed by atoms with van der Waals surface area (Å²) in [6, 6.07) is 0.403. The molecule has 2 rings (SSSR count).